The van der Waals surface area contributed by atoms with Gasteiger partial charge in [0, 0.05) is 18.8 Å². The van der Waals surface area contributed by atoms with Crippen molar-refractivity contribution in [1.29, 1.82) is 0 Å². The van der Waals surface area contributed by atoms with E-state index in [0.717, 1.165) is 16.5 Å². The number of halogens is 3. The molecule has 3 aromatic rings. The number of nitrogens with zero attached hydrogens (tertiary/aromatic N) is 4. The van der Waals surface area contributed by atoms with Gasteiger partial charge in [-0.2, -0.15) is 18.3 Å². The summed E-state index contributed by atoms with van der Waals surface area (Å²) in [7, 11) is 2.45. The Labute approximate surface area is 145 Å². The van der Waals surface area contributed by atoms with E-state index < -0.39 is 23.6 Å². The highest BCUT2D eigenvalue weighted by molar-refractivity contribution is 5.89. The Hall–Kier alpha value is -3.30. The molecule has 2 heterocycles. The molecule has 136 valence electrons. The Balaban J connectivity index is 2.11. The van der Waals surface area contributed by atoms with Gasteiger partial charge in [-0.3, -0.25) is 0 Å². The number of aryl methyl sites for hydroxylation is 1. The number of ether oxygens (including phenoxy) is 1. The second kappa shape index (κ2) is 6.21. The first-order valence-corrected chi connectivity index (χ1v) is 7.29. The molecule has 0 aliphatic rings. The number of hydrogen-bond acceptors (Lipinski definition) is 4. The molecule has 3 rings (SSSR count). The third-order valence-electron chi connectivity index (χ3n) is 3.70. The van der Waals surface area contributed by atoms with Gasteiger partial charge in [0.25, 0.3) is 0 Å². The fraction of sp³-hybridized carbons (Fsp3) is 0.188. The van der Waals surface area contributed by atoms with Crippen LogP contribution in [0.15, 0.2) is 36.7 Å². The van der Waals surface area contributed by atoms with Crippen LogP contribution >= 0.6 is 0 Å². The van der Waals surface area contributed by atoms with Crippen molar-refractivity contribution >= 4 is 5.97 Å². The molecule has 0 radical (unpaired) electrons. The number of benzene rings is 1. The Morgan fingerprint density at radius 3 is 2.62 bits per heavy atom. The molecule has 0 bridgehead atoms. The predicted molar refractivity (Wildman–Crippen MR) is 84.3 cm³/mol. The SMILES string of the molecule is COc1nn(C)c(-n2cc(-c3cccc(C(=O)O)c3)cn2)c1C(F)(F)F. The van der Waals surface area contributed by atoms with Gasteiger partial charge in [0.1, 0.15) is 0 Å². The van der Waals surface area contributed by atoms with Gasteiger partial charge >= 0.3 is 12.1 Å². The van der Waals surface area contributed by atoms with Gasteiger partial charge in [-0.25, -0.2) is 14.2 Å². The molecule has 0 unspecified atom stereocenters. The number of carboxylic acids is 1. The Kier molecular flexibility index (Phi) is 4.18. The van der Waals surface area contributed by atoms with Crippen molar-refractivity contribution in [2.24, 2.45) is 7.05 Å². The standard InChI is InChI=1S/C16H13F3N4O3/c1-22-14(12(16(17,18)19)13(21-22)26-2)23-8-11(7-20-23)9-4-3-5-10(6-9)15(24)25/h3-8H,1-2H3,(H,24,25). The van der Waals surface area contributed by atoms with E-state index >= 15 is 0 Å². The first-order chi connectivity index (χ1) is 12.2. The smallest absolute Gasteiger partial charge is 0.425 e. The maximum absolute atomic E-state index is 13.4. The lowest BCUT2D eigenvalue weighted by Crippen LogP contribution is -2.13. The fourth-order valence-electron chi connectivity index (χ4n) is 2.56. The van der Waals surface area contributed by atoms with Crippen molar-refractivity contribution in [3.63, 3.8) is 0 Å². The van der Waals surface area contributed by atoms with Crippen LogP contribution < -0.4 is 4.74 Å². The summed E-state index contributed by atoms with van der Waals surface area (Å²) in [6, 6.07) is 6.02. The molecule has 10 heteroatoms. The molecule has 1 N–H and O–H groups in total. The number of carbonyl (C=O) groups is 1. The molecule has 0 spiro atoms. The van der Waals surface area contributed by atoms with Crippen LogP contribution in [0, 0.1) is 0 Å². The Morgan fingerprint density at radius 2 is 2.00 bits per heavy atom. The highest BCUT2D eigenvalue weighted by Crippen LogP contribution is 2.40. The lowest BCUT2D eigenvalue weighted by molar-refractivity contribution is -0.138. The zero-order chi connectivity index (χ0) is 19.1. The quantitative estimate of drug-likeness (QED) is 0.768. The first-order valence-electron chi connectivity index (χ1n) is 7.29. The average Bonchev–Trinajstić information content (AvgIpc) is 3.18. The first kappa shape index (κ1) is 17.5. The van der Waals surface area contributed by atoms with Crippen molar-refractivity contribution in [2.45, 2.75) is 6.18 Å². The third kappa shape index (κ3) is 3.01. The largest absolute Gasteiger partial charge is 0.479 e. The minimum Gasteiger partial charge on any atom is -0.479 e. The molecule has 26 heavy (non-hydrogen) atoms. The summed E-state index contributed by atoms with van der Waals surface area (Å²) in [6.07, 6.45) is -1.97. The second-order valence-electron chi connectivity index (χ2n) is 5.39. The van der Waals surface area contributed by atoms with E-state index in [9.17, 15) is 18.0 Å². The summed E-state index contributed by atoms with van der Waals surface area (Å²) >= 11 is 0. The van der Waals surface area contributed by atoms with Gasteiger partial charge in [-0.15, -0.1) is 5.10 Å². The molecule has 0 saturated carbocycles. The number of methoxy groups -OCH3 is 1. The zero-order valence-corrected chi connectivity index (χ0v) is 13.7. The van der Waals surface area contributed by atoms with Crippen molar-refractivity contribution in [3.05, 3.63) is 47.8 Å². The van der Waals surface area contributed by atoms with Crippen LogP contribution in [0.5, 0.6) is 5.88 Å². The molecule has 0 saturated heterocycles. The molecule has 2 aromatic heterocycles. The number of hydrogen-bond donors (Lipinski definition) is 1. The van der Waals surface area contributed by atoms with Crippen LogP contribution in [-0.2, 0) is 13.2 Å². The lowest BCUT2D eigenvalue weighted by atomic mass is 10.1. The monoisotopic (exact) mass is 366 g/mol. The molecular formula is C16H13F3N4O3. The van der Waals surface area contributed by atoms with E-state index in [0.29, 0.717) is 11.1 Å². The highest BCUT2D eigenvalue weighted by Gasteiger charge is 2.41. The molecule has 1 aromatic carbocycles. The maximum Gasteiger partial charge on any atom is 0.425 e. The summed E-state index contributed by atoms with van der Waals surface area (Å²) in [5, 5.41) is 16.8. The molecule has 0 atom stereocenters. The Morgan fingerprint density at radius 1 is 1.27 bits per heavy atom. The van der Waals surface area contributed by atoms with Gasteiger partial charge in [0.15, 0.2) is 11.4 Å². The number of rotatable bonds is 4. The Bertz CT molecular complexity index is 976. The summed E-state index contributed by atoms with van der Waals surface area (Å²) in [6.45, 7) is 0. The number of alkyl halides is 3. The molecule has 0 fully saturated rings. The minimum absolute atomic E-state index is 0.0634. The lowest BCUT2D eigenvalue weighted by Gasteiger charge is -2.09. The third-order valence-corrected chi connectivity index (χ3v) is 3.70. The zero-order valence-electron chi connectivity index (χ0n) is 13.7. The summed E-state index contributed by atoms with van der Waals surface area (Å²) in [5.41, 5.74) is -0.00916. The minimum atomic E-state index is -4.69. The van der Waals surface area contributed by atoms with Crippen LogP contribution in [-0.4, -0.2) is 37.7 Å². The number of aromatic carboxylic acids is 1. The molecule has 0 amide bonds. The topological polar surface area (TPSA) is 82.2 Å². The summed E-state index contributed by atoms with van der Waals surface area (Å²) in [5.74, 6) is -1.97. The molecule has 7 nitrogen and oxygen atoms in total. The van der Waals surface area contributed by atoms with Gasteiger partial charge in [-0.1, -0.05) is 12.1 Å². The summed E-state index contributed by atoms with van der Waals surface area (Å²) in [4.78, 5) is 11.1. The van der Waals surface area contributed by atoms with E-state index in [4.69, 9.17) is 9.84 Å². The maximum atomic E-state index is 13.4. The van der Waals surface area contributed by atoms with Crippen molar-refractivity contribution in [1.82, 2.24) is 19.6 Å². The van der Waals surface area contributed by atoms with Crippen molar-refractivity contribution in [3.8, 4) is 22.8 Å². The van der Waals surface area contributed by atoms with E-state index in [-0.39, 0.29) is 11.4 Å². The van der Waals surface area contributed by atoms with Crippen LogP contribution in [0.25, 0.3) is 16.9 Å². The normalized spacial score (nSPS) is 11.6. The number of aromatic nitrogens is 4. The van der Waals surface area contributed by atoms with Crippen molar-refractivity contribution in [2.75, 3.05) is 7.11 Å². The summed E-state index contributed by atoms with van der Waals surface area (Å²) < 4.78 is 47.1. The van der Waals surface area contributed by atoms with E-state index in [1.165, 1.54) is 31.6 Å². The van der Waals surface area contributed by atoms with Crippen molar-refractivity contribution < 1.29 is 27.8 Å². The van der Waals surface area contributed by atoms with Gasteiger partial charge in [-0.05, 0) is 17.7 Å². The van der Waals surface area contributed by atoms with E-state index in [1.54, 1.807) is 12.1 Å². The van der Waals surface area contributed by atoms with E-state index in [2.05, 4.69) is 10.2 Å². The molecule has 0 aliphatic carbocycles. The average molecular weight is 366 g/mol. The second-order valence-corrected chi connectivity index (χ2v) is 5.39. The van der Waals surface area contributed by atoms with Gasteiger partial charge in [0.2, 0.25) is 5.88 Å². The van der Waals surface area contributed by atoms with Gasteiger partial charge in [0.05, 0.1) is 18.9 Å². The van der Waals surface area contributed by atoms with Crippen LogP contribution in [0.4, 0.5) is 13.2 Å². The van der Waals surface area contributed by atoms with E-state index in [1.807, 2.05) is 0 Å². The van der Waals surface area contributed by atoms with Crippen LogP contribution in [0.3, 0.4) is 0 Å². The predicted octanol–water partition coefficient (Wildman–Crippen LogP) is 3.00. The van der Waals surface area contributed by atoms with Gasteiger partial charge < -0.3 is 9.84 Å². The highest BCUT2D eigenvalue weighted by atomic mass is 19.4. The van der Waals surface area contributed by atoms with Crippen LogP contribution in [0.1, 0.15) is 15.9 Å². The number of carboxylic acid groups (broad SMARTS) is 1. The van der Waals surface area contributed by atoms with Crippen LogP contribution in [0.2, 0.25) is 0 Å². The molecular weight excluding hydrogens is 353 g/mol. The molecule has 0 aliphatic heterocycles. The fourth-order valence-corrected chi connectivity index (χ4v) is 2.56.